The van der Waals surface area contributed by atoms with Crippen LogP contribution in [0.25, 0.3) is 0 Å². The molecule has 3 aromatic rings. The van der Waals surface area contributed by atoms with Gasteiger partial charge in [-0.25, -0.2) is 31.8 Å². The van der Waals surface area contributed by atoms with Gasteiger partial charge in [-0.3, -0.25) is 10.2 Å². The van der Waals surface area contributed by atoms with Crippen molar-refractivity contribution < 1.29 is 73.6 Å². The molecule has 0 radical (unpaired) electrons. The number of amides is 2. The van der Waals surface area contributed by atoms with Gasteiger partial charge < -0.3 is 36.1 Å². The Morgan fingerprint density at radius 3 is 2.00 bits per heavy atom. The van der Waals surface area contributed by atoms with Crippen molar-refractivity contribution in [3.63, 3.8) is 0 Å². The summed E-state index contributed by atoms with van der Waals surface area (Å²) >= 11 is 0. The monoisotopic (exact) mass is 812 g/mol. The van der Waals surface area contributed by atoms with Crippen LogP contribution in [-0.2, 0) is 35.6 Å². The lowest BCUT2D eigenvalue weighted by molar-refractivity contribution is -0.193. The van der Waals surface area contributed by atoms with Crippen molar-refractivity contribution in [1.29, 1.82) is 5.41 Å². The second-order valence-electron chi connectivity index (χ2n) is 12.0. The zero-order chi connectivity index (χ0) is 42.4. The van der Waals surface area contributed by atoms with E-state index in [0.717, 1.165) is 15.9 Å². The number of halogens is 6. The number of rotatable bonds is 12. The van der Waals surface area contributed by atoms with Gasteiger partial charge in [-0.05, 0) is 58.4 Å². The highest BCUT2D eigenvalue weighted by atomic mass is 32.2. The van der Waals surface area contributed by atoms with Gasteiger partial charge in [0.25, 0.3) is 10.0 Å². The van der Waals surface area contributed by atoms with Gasteiger partial charge in [0, 0.05) is 24.7 Å². The highest BCUT2D eigenvalue weighted by molar-refractivity contribution is 7.90. The standard InChI is InChI=1S/C28H36N6O6S.2C2HF3O2/c1-19-9-11-23(12-10-19)41(37,38)34-17-21(32-18-34)16-24(33-27(36)40-28(2,3)4)26(35)31-13-6-14-39-22-8-5-7-20(15-22)25(29)30;2*3-2(4,5)1(6)7/h5,7-12,15,17-18,24H,6,13-14,16H2,1-4H3,(H3,29,30)(H,31,35)(H,33,36);2*(H,6,7)/t24-;;/m0../s1. The fraction of sp³-hybridized carbons (Fsp3) is 0.375. The van der Waals surface area contributed by atoms with Crippen LogP contribution in [0.5, 0.6) is 5.75 Å². The zero-order valence-electron chi connectivity index (χ0n) is 29.5. The summed E-state index contributed by atoms with van der Waals surface area (Å²) in [6, 6.07) is 12.2. The first kappa shape index (κ1) is 47.2. The molecule has 1 aromatic heterocycles. The molecular formula is C32H38F6N6O10S. The van der Waals surface area contributed by atoms with Gasteiger partial charge in [-0.1, -0.05) is 29.8 Å². The van der Waals surface area contributed by atoms with E-state index >= 15 is 0 Å². The molecule has 0 aliphatic heterocycles. The van der Waals surface area contributed by atoms with Crippen molar-refractivity contribution >= 4 is 39.8 Å². The number of aryl methyl sites for hydroxylation is 1. The van der Waals surface area contributed by atoms with Gasteiger partial charge in [-0.15, -0.1) is 0 Å². The molecule has 0 spiro atoms. The fourth-order valence-electron chi connectivity index (χ4n) is 3.63. The van der Waals surface area contributed by atoms with Crippen molar-refractivity contribution in [2.45, 2.75) is 69.4 Å². The summed E-state index contributed by atoms with van der Waals surface area (Å²) in [6.45, 7) is 7.49. The molecule has 1 atom stereocenters. The average Bonchev–Trinajstić information content (AvgIpc) is 3.53. The van der Waals surface area contributed by atoms with E-state index in [1.807, 2.05) is 6.92 Å². The van der Waals surface area contributed by atoms with Crippen LogP contribution in [0, 0.1) is 12.3 Å². The molecule has 0 bridgehead atoms. The van der Waals surface area contributed by atoms with Crippen LogP contribution in [0.4, 0.5) is 31.1 Å². The maximum Gasteiger partial charge on any atom is 0.490 e. The molecular weight excluding hydrogens is 774 g/mol. The second-order valence-corrected chi connectivity index (χ2v) is 13.8. The highest BCUT2D eigenvalue weighted by Crippen LogP contribution is 2.17. The third kappa shape index (κ3) is 17.7. The molecule has 55 heavy (non-hydrogen) atoms. The second kappa shape index (κ2) is 20.0. The number of nitrogens with one attached hydrogen (secondary N) is 3. The molecule has 0 saturated carbocycles. The minimum absolute atomic E-state index is 0.0659. The maximum atomic E-state index is 13.0. The van der Waals surface area contributed by atoms with Gasteiger partial charge >= 0.3 is 30.4 Å². The van der Waals surface area contributed by atoms with Crippen LogP contribution in [0.1, 0.15) is 44.0 Å². The SMILES string of the molecule is Cc1ccc(S(=O)(=O)n2cnc(C[C@H](NC(=O)OC(C)(C)C)C(=O)NCCCOc3cccc(C(=N)N)c3)c2)cc1.O=C(O)C(F)(F)F.O=C(O)C(F)(F)F. The van der Waals surface area contributed by atoms with E-state index < -0.39 is 58.0 Å². The molecule has 16 nitrogen and oxygen atoms in total. The summed E-state index contributed by atoms with van der Waals surface area (Å²) in [5, 5.41) is 27.1. The zero-order valence-corrected chi connectivity index (χ0v) is 30.3. The van der Waals surface area contributed by atoms with Crippen molar-refractivity contribution in [2.24, 2.45) is 5.73 Å². The van der Waals surface area contributed by atoms with E-state index in [1.54, 1.807) is 57.2 Å². The Balaban J connectivity index is 0.000000913. The number of nitrogens with zero attached hydrogens (tertiary/aromatic N) is 2. The molecule has 0 aliphatic rings. The summed E-state index contributed by atoms with van der Waals surface area (Å²) in [7, 11) is -3.88. The molecule has 0 saturated heterocycles. The summed E-state index contributed by atoms with van der Waals surface area (Å²) < 4.78 is 101. The number of alkyl carbamates (subject to hydrolysis) is 1. The highest BCUT2D eigenvalue weighted by Gasteiger charge is 2.39. The van der Waals surface area contributed by atoms with Gasteiger partial charge in [0.15, 0.2) is 0 Å². The number of hydrogen-bond acceptors (Lipinski definition) is 10. The van der Waals surface area contributed by atoms with Crippen LogP contribution in [0.3, 0.4) is 0 Å². The Morgan fingerprint density at radius 2 is 1.51 bits per heavy atom. The van der Waals surface area contributed by atoms with Gasteiger partial charge in [0.05, 0.1) is 17.2 Å². The number of imidazole rings is 1. The lowest BCUT2D eigenvalue weighted by Crippen LogP contribution is -2.49. The predicted octanol–water partition coefficient (Wildman–Crippen LogP) is 4.00. The fourth-order valence-corrected chi connectivity index (χ4v) is 4.79. The van der Waals surface area contributed by atoms with E-state index in [2.05, 4.69) is 15.6 Å². The van der Waals surface area contributed by atoms with Crippen LogP contribution < -0.4 is 21.1 Å². The number of amidine groups is 1. The molecule has 0 unspecified atom stereocenters. The first-order chi connectivity index (χ1) is 25.1. The molecule has 23 heteroatoms. The molecule has 0 fully saturated rings. The molecule has 3 rings (SSSR count). The molecule has 1 heterocycles. The number of carbonyl (C=O) groups excluding carboxylic acids is 2. The van der Waals surface area contributed by atoms with E-state index in [4.69, 9.17) is 40.4 Å². The van der Waals surface area contributed by atoms with Crippen molar-refractivity contribution in [3.05, 3.63) is 77.9 Å². The quantitative estimate of drug-likeness (QED) is 0.0657. The molecule has 2 aromatic carbocycles. The minimum atomic E-state index is -5.08. The Kier molecular flexibility index (Phi) is 17.1. The first-order valence-electron chi connectivity index (χ1n) is 15.4. The number of nitrogen functional groups attached to an aromatic ring is 1. The van der Waals surface area contributed by atoms with Crippen LogP contribution in [-0.4, -0.2) is 94.5 Å². The Labute approximate surface area is 310 Å². The molecule has 2 amide bonds. The summed E-state index contributed by atoms with van der Waals surface area (Å²) in [5.74, 6) is -5.53. The number of carboxylic acids is 2. The van der Waals surface area contributed by atoms with E-state index in [9.17, 15) is 44.3 Å². The molecule has 304 valence electrons. The topological polar surface area (TPSA) is 253 Å². The normalized spacial score (nSPS) is 12.0. The van der Waals surface area contributed by atoms with Gasteiger partial charge in [0.1, 0.15) is 29.6 Å². The number of alkyl halides is 6. The Morgan fingerprint density at radius 1 is 0.964 bits per heavy atom. The molecule has 7 N–H and O–H groups in total. The lowest BCUT2D eigenvalue weighted by atomic mass is 10.1. The number of aliphatic carboxylic acids is 2. The van der Waals surface area contributed by atoms with Crippen LogP contribution in [0.2, 0.25) is 0 Å². The Bertz CT molecular complexity index is 1870. The summed E-state index contributed by atoms with van der Waals surface area (Å²) in [6.07, 6.45) is -8.10. The van der Waals surface area contributed by atoms with Crippen molar-refractivity contribution in [1.82, 2.24) is 19.6 Å². The third-order valence-electron chi connectivity index (χ3n) is 6.15. The third-order valence-corrected chi connectivity index (χ3v) is 7.77. The van der Waals surface area contributed by atoms with E-state index in [1.165, 1.54) is 18.3 Å². The van der Waals surface area contributed by atoms with Crippen LogP contribution >= 0.6 is 0 Å². The predicted molar refractivity (Wildman–Crippen MR) is 181 cm³/mol. The van der Waals surface area contributed by atoms with Crippen molar-refractivity contribution in [2.75, 3.05) is 13.2 Å². The van der Waals surface area contributed by atoms with Crippen molar-refractivity contribution in [3.8, 4) is 5.75 Å². The number of aromatic nitrogens is 2. The number of carbonyl (C=O) groups is 4. The lowest BCUT2D eigenvalue weighted by Gasteiger charge is -2.23. The number of ether oxygens (including phenoxy) is 2. The number of benzene rings is 2. The first-order valence-corrected chi connectivity index (χ1v) is 16.9. The number of carboxylic acid groups (broad SMARTS) is 2. The largest absolute Gasteiger partial charge is 0.494 e. The average molecular weight is 813 g/mol. The smallest absolute Gasteiger partial charge is 0.490 e. The number of nitrogens with two attached hydrogens (primary N) is 1. The van der Waals surface area contributed by atoms with Gasteiger partial charge in [0.2, 0.25) is 5.91 Å². The van der Waals surface area contributed by atoms with E-state index in [0.29, 0.717) is 17.7 Å². The van der Waals surface area contributed by atoms with Crippen LogP contribution in [0.15, 0.2) is 66.0 Å². The van der Waals surface area contributed by atoms with E-state index in [-0.39, 0.29) is 36.0 Å². The maximum absolute atomic E-state index is 13.0. The minimum Gasteiger partial charge on any atom is -0.494 e. The summed E-state index contributed by atoms with van der Waals surface area (Å²) in [4.78, 5) is 47.6. The van der Waals surface area contributed by atoms with Gasteiger partial charge in [-0.2, -0.15) is 26.3 Å². The Hall–Kier alpha value is -5.87. The molecule has 0 aliphatic carbocycles. The number of hydrogen-bond donors (Lipinski definition) is 6. The summed E-state index contributed by atoms with van der Waals surface area (Å²) in [5.41, 5.74) is 6.47.